The molecule has 7 nitrogen and oxygen atoms in total. The van der Waals surface area contributed by atoms with Gasteiger partial charge in [0.05, 0.1) is 5.69 Å². The number of nitrogens with one attached hydrogen (secondary N) is 1. The fraction of sp³-hybridized carbons (Fsp3) is 0.292. The quantitative estimate of drug-likeness (QED) is 0.633. The van der Waals surface area contributed by atoms with Crippen LogP contribution in [0.2, 0.25) is 0 Å². The Bertz CT molecular complexity index is 1120. The number of rotatable bonds is 6. The summed E-state index contributed by atoms with van der Waals surface area (Å²) >= 11 is 0. The van der Waals surface area contributed by atoms with E-state index >= 15 is 0 Å². The van der Waals surface area contributed by atoms with E-state index in [0.717, 1.165) is 34.1 Å². The summed E-state index contributed by atoms with van der Waals surface area (Å²) in [6.07, 6.45) is 0. The topological polar surface area (TPSA) is 70.6 Å². The molecule has 8 heteroatoms. The third kappa shape index (κ3) is 4.34. The summed E-state index contributed by atoms with van der Waals surface area (Å²) < 4.78 is 18.8. The first-order valence-corrected chi connectivity index (χ1v) is 10.4. The summed E-state index contributed by atoms with van der Waals surface area (Å²) in [5.74, 6) is 1.75. The lowest BCUT2D eigenvalue weighted by Crippen LogP contribution is -2.49. The predicted molar refractivity (Wildman–Crippen MR) is 123 cm³/mol. The lowest BCUT2D eigenvalue weighted by atomic mass is 10.1. The standard InChI is InChI=1S/C24H26FN5O2/c1-15-21-22(29(3)16(2)23(31)30(21)4)28-24(27-15)26-13-17-7-11-20(12-8-17)32-14-18-5-9-19(25)10-6-18/h5-12,16H,13-14H2,1-4H3,(H,26,27,28)/t16-/m0/s1. The summed E-state index contributed by atoms with van der Waals surface area (Å²) in [6.45, 7) is 4.67. The molecule has 4 rings (SSSR count). The number of aryl methyl sites for hydroxylation is 1. The highest BCUT2D eigenvalue weighted by atomic mass is 19.1. The average Bonchev–Trinajstić information content (AvgIpc) is 2.80. The first-order valence-electron chi connectivity index (χ1n) is 10.4. The van der Waals surface area contributed by atoms with Crippen LogP contribution in [0.15, 0.2) is 48.5 Å². The van der Waals surface area contributed by atoms with Crippen molar-refractivity contribution >= 4 is 23.4 Å². The molecule has 0 radical (unpaired) electrons. The van der Waals surface area contributed by atoms with Crippen LogP contribution in [0.5, 0.6) is 5.75 Å². The molecule has 0 bridgehead atoms. The molecule has 0 saturated heterocycles. The first-order chi connectivity index (χ1) is 15.3. The second-order valence-electron chi connectivity index (χ2n) is 7.90. The van der Waals surface area contributed by atoms with Crippen LogP contribution in [-0.4, -0.2) is 36.0 Å². The van der Waals surface area contributed by atoms with Gasteiger partial charge in [-0.15, -0.1) is 0 Å². The van der Waals surface area contributed by atoms with Gasteiger partial charge >= 0.3 is 0 Å². The summed E-state index contributed by atoms with van der Waals surface area (Å²) in [6, 6.07) is 13.7. The lowest BCUT2D eigenvalue weighted by molar-refractivity contribution is -0.119. The number of carbonyl (C=O) groups is 1. The minimum Gasteiger partial charge on any atom is -0.489 e. The third-order valence-electron chi connectivity index (χ3n) is 5.67. The normalized spacial score (nSPS) is 15.5. The highest BCUT2D eigenvalue weighted by molar-refractivity contribution is 6.04. The fourth-order valence-corrected chi connectivity index (χ4v) is 3.64. The summed E-state index contributed by atoms with van der Waals surface area (Å²) in [5.41, 5.74) is 3.44. The van der Waals surface area contributed by atoms with Gasteiger partial charge in [0.15, 0.2) is 5.82 Å². The number of benzene rings is 2. The minimum absolute atomic E-state index is 0.0224. The second-order valence-corrected chi connectivity index (χ2v) is 7.90. The smallest absolute Gasteiger partial charge is 0.249 e. The van der Waals surface area contributed by atoms with Crippen LogP contribution in [0.25, 0.3) is 0 Å². The molecule has 0 saturated carbocycles. The Morgan fingerprint density at radius 1 is 1.03 bits per heavy atom. The Labute approximate surface area is 186 Å². The van der Waals surface area contributed by atoms with Crippen molar-refractivity contribution in [2.45, 2.75) is 33.0 Å². The van der Waals surface area contributed by atoms with E-state index in [2.05, 4.69) is 15.3 Å². The number of anilines is 3. The van der Waals surface area contributed by atoms with E-state index in [4.69, 9.17) is 4.74 Å². The molecule has 3 aromatic rings. The van der Waals surface area contributed by atoms with E-state index in [1.165, 1.54) is 12.1 Å². The van der Waals surface area contributed by atoms with Gasteiger partial charge in [0.2, 0.25) is 11.9 Å². The zero-order valence-electron chi connectivity index (χ0n) is 18.6. The molecule has 0 fully saturated rings. The molecule has 32 heavy (non-hydrogen) atoms. The fourth-order valence-electron chi connectivity index (χ4n) is 3.64. The van der Waals surface area contributed by atoms with Crippen molar-refractivity contribution in [3.63, 3.8) is 0 Å². The van der Waals surface area contributed by atoms with Gasteiger partial charge in [-0.25, -0.2) is 9.37 Å². The molecular weight excluding hydrogens is 409 g/mol. The highest BCUT2D eigenvalue weighted by Gasteiger charge is 2.34. The van der Waals surface area contributed by atoms with E-state index in [-0.39, 0.29) is 17.8 Å². The number of nitrogens with zero attached hydrogens (tertiary/aromatic N) is 4. The number of aromatic nitrogens is 2. The van der Waals surface area contributed by atoms with Gasteiger partial charge in [-0.2, -0.15) is 4.98 Å². The van der Waals surface area contributed by atoms with Crippen molar-refractivity contribution in [3.05, 3.63) is 71.2 Å². The molecule has 1 amide bonds. The van der Waals surface area contributed by atoms with Gasteiger partial charge in [-0.3, -0.25) is 4.79 Å². The van der Waals surface area contributed by atoms with Crippen molar-refractivity contribution in [2.24, 2.45) is 0 Å². The number of carbonyl (C=O) groups excluding carboxylic acids is 1. The average molecular weight is 436 g/mol. The SMILES string of the molecule is Cc1nc(NCc2ccc(OCc3ccc(F)cc3)cc2)nc2c1N(C)C(=O)[C@H](C)N2C. The van der Waals surface area contributed by atoms with Crippen LogP contribution in [0.4, 0.5) is 21.8 Å². The van der Waals surface area contributed by atoms with Crippen molar-refractivity contribution in [3.8, 4) is 5.75 Å². The van der Waals surface area contributed by atoms with Gasteiger partial charge in [0.1, 0.15) is 29.9 Å². The minimum atomic E-state index is -0.280. The number of halogens is 1. The highest BCUT2D eigenvalue weighted by Crippen LogP contribution is 2.35. The molecule has 1 N–H and O–H groups in total. The summed E-state index contributed by atoms with van der Waals surface area (Å²) in [4.78, 5) is 25.1. The molecular formula is C24H26FN5O2. The van der Waals surface area contributed by atoms with Crippen LogP contribution < -0.4 is 19.9 Å². The van der Waals surface area contributed by atoms with Crippen molar-refractivity contribution < 1.29 is 13.9 Å². The molecule has 2 aromatic carbocycles. The van der Waals surface area contributed by atoms with E-state index in [1.54, 1.807) is 24.1 Å². The van der Waals surface area contributed by atoms with Crippen molar-refractivity contribution in [1.29, 1.82) is 0 Å². The van der Waals surface area contributed by atoms with Gasteiger partial charge in [-0.05, 0) is 49.2 Å². The van der Waals surface area contributed by atoms with Crippen molar-refractivity contribution in [1.82, 2.24) is 9.97 Å². The van der Waals surface area contributed by atoms with Gasteiger partial charge in [0.25, 0.3) is 0 Å². The number of fused-ring (bicyclic) bond motifs is 1. The Morgan fingerprint density at radius 3 is 2.38 bits per heavy atom. The van der Waals surface area contributed by atoms with E-state index in [9.17, 15) is 9.18 Å². The van der Waals surface area contributed by atoms with Crippen LogP contribution in [-0.2, 0) is 17.9 Å². The Kier molecular flexibility index (Phi) is 5.94. The van der Waals surface area contributed by atoms with Crippen molar-refractivity contribution in [2.75, 3.05) is 29.2 Å². The first kappa shape index (κ1) is 21.5. The van der Waals surface area contributed by atoms with Crippen LogP contribution in [0.1, 0.15) is 23.7 Å². The lowest BCUT2D eigenvalue weighted by Gasteiger charge is -2.37. The monoisotopic (exact) mass is 435 g/mol. The van der Waals surface area contributed by atoms with Gasteiger partial charge in [0, 0.05) is 20.6 Å². The largest absolute Gasteiger partial charge is 0.489 e. The second kappa shape index (κ2) is 8.82. The molecule has 1 aromatic heterocycles. The third-order valence-corrected chi connectivity index (χ3v) is 5.67. The Morgan fingerprint density at radius 2 is 1.69 bits per heavy atom. The maximum Gasteiger partial charge on any atom is 0.249 e. The summed E-state index contributed by atoms with van der Waals surface area (Å²) in [5, 5.41) is 3.27. The number of ether oxygens (including phenoxy) is 1. The van der Waals surface area contributed by atoms with Crippen LogP contribution >= 0.6 is 0 Å². The number of amides is 1. The zero-order valence-corrected chi connectivity index (χ0v) is 18.6. The van der Waals surface area contributed by atoms with E-state index < -0.39 is 0 Å². The number of likely N-dealkylation sites (N-methyl/N-ethyl adjacent to an activating group) is 2. The zero-order chi connectivity index (χ0) is 22.8. The number of hydrogen-bond donors (Lipinski definition) is 1. The maximum absolute atomic E-state index is 13.0. The van der Waals surface area contributed by atoms with E-state index in [1.807, 2.05) is 50.1 Å². The predicted octanol–water partition coefficient (Wildman–Crippen LogP) is 3.92. The van der Waals surface area contributed by atoms with E-state index in [0.29, 0.717) is 19.1 Å². The molecule has 166 valence electrons. The molecule has 1 aliphatic rings. The molecule has 0 unspecified atom stereocenters. The van der Waals surface area contributed by atoms with Crippen LogP contribution in [0.3, 0.4) is 0 Å². The Balaban J connectivity index is 1.40. The molecule has 0 spiro atoms. The molecule has 2 heterocycles. The van der Waals surface area contributed by atoms with Crippen LogP contribution in [0, 0.1) is 12.7 Å². The van der Waals surface area contributed by atoms with Gasteiger partial charge < -0.3 is 19.9 Å². The maximum atomic E-state index is 13.0. The van der Waals surface area contributed by atoms with Gasteiger partial charge in [-0.1, -0.05) is 24.3 Å². The molecule has 1 aliphatic heterocycles. The Hall–Kier alpha value is -3.68. The molecule has 0 aliphatic carbocycles. The molecule has 1 atom stereocenters. The number of hydrogen-bond acceptors (Lipinski definition) is 6. The summed E-state index contributed by atoms with van der Waals surface area (Å²) in [7, 11) is 3.63.